The molecule has 7 nitrogen and oxygen atoms in total. The van der Waals surface area contributed by atoms with Gasteiger partial charge in [0.1, 0.15) is 17.2 Å². The van der Waals surface area contributed by atoms with Gasteiger partial charge in [-0.25, -0.2) is 4.79 Å². The molecule has 30 heavy (non-hydrogen) atoms. The van der Waals surface area contributed by atoms with Crippen LogP contribution < -0.4 is 14.8 Å². The van der Waals surface area contributed by atoms with Crippen LogP contribution in [0.5, 0.6) is 11.5 Å². The maximum Gasteiger partial charge on any atom is 0.318 e. The highest BCUT2D eigenvalue weighted by molar-refractivity contribution is 5.74. The maximum atomic E-state index is 12.7. The standard InChI is InChI=1S/C23H27N3O4/c1-16(2)24-23(27)26(14-17-8-6-5-7-9-17)15-18-12-22(30-25-18)20-11-10-19(28-3)13-21(20)29-4/h5-13,16H,14-15H2,1-4H3,(H,24,27). The van der Waals surface area contributed by atoms with E-state index in [9.17, 15) is 4.79 Å². The molecule has 3 rings (SSSR count). The second-order valence-electron chi connectivity index (χ2n) is 7.19. The van der Waals surface area contributed by atoms with Gasteiger partial charge in [0.15, 0.2) is 5.76 Å². The Hall–Kier alpha value is -3.48. The smallest absolute Gasteiger partial charge is 0.318 e. The zero-order valence-corrected chi connectivity index (χ0v) is 17.7. The summed E-state index contributed by atoms with van der Waals surface area (Å²) in [5.74, 6) is 1.87. The van der Waals surface area contributed by atoms with Gasteiger partial charge in [-0.3, -0.25) is 0 Å². The number of nitrogens with one attached hydrogen (secondary N) is 1. The predicted octanol–water partition coefficient (Wildman–Crippen LogP) is 4.48. The molecule has 0 aliphatic carbocycles. The Balaban J connectivity index is 1.82. The van der Waals surface area contributed by atoms with Crippen LogP contribution in [-0.4, -0.2) is 36.3 Å². The summed E-state index contributed by atoms with van der Waals surface area (Å²) in [5.41, 5.74) is 2.45. The molecule has 0 aliphatic heterocycles. The van der Waals surface area contributed by atoms with Crippen molar-refractivity contribution in [2.24, 2.45) is 0 Å². The van der Waals surface area contributed by atoms with Crippen LogP contribution in [-0.2, 0) is 13.1 Å². The first kappa shape index (κ1) is 21.2. The Labute approximate surface area is 176 Å². The largest absolute Gasteiger partial charge is 0.497 e. The minimum Gasteiger partial charge on any atom is -0.497 e. The molecule has 0 saturated heterocycles. The third-order valence-corrected chi connectivity index (χ3v) is 4.50. The van der Waals surface area contributed by atoms with Gasteiger partial charge in [-0.15, -0.1) is 0 Å². The van der Waals surface area contributed by atoms with E-state index >= 15 is 0 Å². The Morgan fingerprint density at radius 3 is 2.50 bits per heavy atom. The molecular formula is C23H27N3O4. The number of aromatic nitrogens is 1. The number of ether oxygens (including phenoxy) is 2. The average molecular weight is 409 g/mol. The first-order chi connectivity index (χ1) is 14.5. The lowest BCUT2D eigenvalue weighted by Gasteiger charge is -2.23. The minimum atomic E-state index is -0.152. The molecule has 158 valence electrons. The summed E-state index contributed by atoms with van der Waals surface area (Å²) >= 11 is 0. The zero-order chi connectivity index (χ0) is 21.5. The van der Waals surface area contributed by atoms with Gasteiger partial charge < -0.3 is 24.2 Å². The van der Waals surface area contributed by atoms with Gasteiger partial charge in [-0.2, -0.15) is 0 Å². The van der Waals surface area contributed by atoms with Gasteiger partial charge in [0.2, 0.25) is 0 Å². The average Bonchev–Trinajstić information content (AvgIpc) is 3.21. The van der Waals surface area contributed by atoms with Crippen molar-refractivity contribution >= 4 is 6.03 Å². The molecule has 1 N–H and O–H groups in total. The van der Waals surface area contributed by atoms with E-state index in [1.807, 2.05) is 62.4 Å². The summed E-state index contributed by atoms with van der Waals surface area (Å²) in [6.45, 7) is 4.65. The Kier molecular flexibility index (Phi) is 6.95. The van der Waals surface area contributed by atoms with Gasteiger partial charge >= 0.3 is 6.03 Å². The molecule has 2 aromatic carbocycles. The van der Waals surface area contributed by atoms with Crippen molar-refractivity contribution in [1.82, 2.24) is 15.4 Å². The number of hydrogen-bond acceptors (Lipinski definition) is 5. The van der Waals surface area contributed by atoms with Crippen molar-refractivity contribution in [2.45, 2.75) is 33.0 Å². The zero-order valence-electron chi connectivity index (χ0n) is 17.7. The predicted molar refractivity (Wildman–Crippen MR) is 114 cm³/mol. The number of nitrogens with zero attached hydrogens (tertiary/aromatic N) is 2. The number of amides is 2. The van der Waals surface area contributed by atoms with Crippen LogP contribution >= 0.6 is 0 Å². The van der Waals surface area contributed by atoms with E-state index in [1.54, 1.807) is 25.2 Å². The first-order valence-electron chi connectivity index (χ1n) is 9.77. The summed E-state index contributed by atoms with van der Waals surface area (Å²) in [5, 5.41) is 7.12. The summed E-state index contributed by atoms with van der Waals surface area (Å²) < 4.78 is 16.2. The van der Waals surface area contributed by atoms with E-state index < -0.39 is 0 Å². The molecule has 0 saturated carbocycles. The second-order valence-corrected chi connectivity index (χ2v) is 7.19. The van der Waals surface area contributed by atoms with Crippen molar-refractivity contribution < 1.29 is 18.8 Å². The van der Waals surface area contributed by atoms with Crippen molar-refractivity contribution in [1.29, 1.82) is 0 Å². The highest BCUT2D eigenvalue weighted by Gasteiger charge is 2.19. The number of hydrogen-bond donors (Lipinski definition) is 1. The van der Waals surface area contributed by atoms with Crippen LogP contribution in [0, 0.1) is 0 Å². The number of carbonyl (C=O) groups is 1. The fourth-order valence-electron chi connectivity index (χ4n) is 3.05. The number of urea groups is 1. The fraction of sp³-hybridized carbons (Fsp3) is 0.304. The Bertz CT molecular complexity index is 970. The SMILES string of the molecule is COc1ccc(-c2cc(CN(Cc3ccccc3)C(=O)NC(C)C)no2)c(OC)c1. The molecular weight excluding hydrogens is 382 g/mol. The molecule has 0 unspecified atom stereocenters. The van der Waals surface area contributed by atoms with Crippen LogP contribution in [0.15, 0.2) is 59.1 Å². The fourth-order valence-corrected chi connectivity index (χ4v) is 3.05. The molecule has 2 amide bonds. The van der Waals surface area contributed by atoms with Crippen LogP contribution in [0.1, 0.15) is 25.1 Å². The summed E-state index contributed by atoms with van der Waals surface area (Å²) in [7, 11) is 3.19. The maximum absolute atomic E-state index is 12.7. The molecule has 0 fully saturated rings. The molecule has 0 atom stereocenters. The molecule has 0 radical (unpaired) electrons. The van der Waals surface area contributed by atoms with Gasteiger partial charge in [0.25, 0.3) is 0 Å². The summed E-state index contributed by atoms with van der Waals surface area (Å²) in [6, 6.07) is 17.0. The summed E-state index contributed by atoms with van der Waals surface area (Å²) in [6.07, 6.45) is 0. The summed E-state index contributed by atoms with van der Waals surface area (Å²) in [4.78, 5) is 14.4. The second kappa shape index (κ2) is 9.82. The third kappa shape index (κ3) is 5.31. The van der Waals surface area contributed by atoms with E-state index in [-0.39, 0.29) is 12.1 Å². The number of carbonyl (C=O) groups excluding carboxylic acids is 1. The molecule has 1 heterocycles. The lowest BCUT2D eigenvalue weighted by atomic mass is 10.1. The molecule has 1 aromatic heterocycles. The number of methoxy groups -OCH3 is 2. The minimum absolute atomic E-state index is 0.0344. The van der Waals surface area contributed by atoms with Crippen LogP contribution in [0.25, 0.3) is 11.3 Å². The Morgan fingerprint density at radius 2 is 1.83 bits per heavy atom. The van der Waals surface area contributed by atoms with Gasteiger partial charge in [0.05, 0.1) is 26.3 Å². The van der Waals surface area contributed by atoms with Crippen molar-refractivity contribution in [3.8, 4) is 22.8 Å². The highest BCUT2D eigenvalue weighted by Crippen LogP contribution is 2.33. The van der Waals surface area contributed by atoms with Crippen LogP contribution in [0.3, 0.4) is 0 Å². The van der Waals surface area contributed by atoms with E-state index in [1.165, 1.54) is 0 Å². The molecule has 3 aromatic rings. The Morgan fingerprint density at radius 1 is 1.07 bits per heavy atom. The van der Waals surface area contributed by atoms with Crippen LogP contribution in [0.4, 0.5) is 4.79 Å². The monoisotopic (exact) mass is 409 g/mol. The van der Waals surface area contributed by atoms with Crippen molar-refractivity contribution in [3.63, 3.8) is 0 Å². The highest BCUT2D eigenvalue weighted by atomic mass is 16.5. The quantitative estimate of drug-likeness (QED) is 0.594. The third-order valence-electron chi connectivity index (χ3n) is 4.50. The lowest BCUT2D eigenvalue weighted by molar-refractivity contribution is 0.188. The normalized spacial score (nSPS) is 10.7. The van der Waals surface area contributed by atoms with E-state index in [4.69, 9.17) is 14.0 Å². The number of rotatable bonds is 8. The number of benzene rings is 2. The van der Waals surface area contributed by atoms with E-state index in [0.717, 1.165) is 11.1 Å². The van der Waals surface area contributed by atoms with Gasteiger partial charge in [-0.1, -0.05) is 35.5 Å². The van der Waals surface area contributed by atoms with Gasteiger partial charge in [0, 0.05) is 24.7 Å². The van der Waals surface area contributed by atoms with Gasteiger partial charge in [-0.05, 0) is 31.5 Å². The lowest BCUT2D eigenvalue weighted by Crippen LogP contribution is -2.42. The molecule has 0 aliphatic rings. The molecule has 0 spiro atoms. The van der Waals surface area contributed by atoms with Crippen molar-refractivity contribution in [3.05, 3.63) is 65.9 Å². The topological polar surface area (TPSA) is 76.8 Å². The molecule has 0 bridgehead atoms. The van der Waals surface area contributed by atoms with Crippen molar-refractivity contribution in [2.75, 3.05) is 14.2 Å². The first-order valence-corrected chi connectivity index (χ1v) is 9.77. The van der Waals surface area contributed by atoms with E-state index in [0.29, 0.717) is 36.0 Å². The van der Waals surface area contributed by atoms with E-state index in [2.05, 4.69) is 10.5 Å². The van der Waals surface area contributed by atoms with Crippen LogP contribution in [0.2, 0.25) is 0 Å². The molecule has 7 heteroatoms.